The second kappa shape index (κ2) is 14.4. The van der Waals surface area contributed by atoms with Crippen LogP contribution in [0.15, 0.2) is 94.6 Å². The van der Waals surface area contributed by atoms with Gasteiger partial charge in [0.2, 0.25) is 0 Å². The van der Waals surface area contributed by atoms with E-state index in [0.29, 0.717) is 12.1 Å². The molecule has 0 radical (unpaired) electrons. The van der Waals surface area contributed by atoms with Crippen molar-refractivity contribution < 1.29 is 69.6 Å². The molecular formula is C25H24N6O16S5. The second-order valence-electron chi connectivity index (χ2n) is 10.1. The molecule has 0 spiro atoms. The van der Waals surface area contributed by atoms with E-state index in [4.69, 9.17) is 10.3 Å². The van der Waals surface area contributed by atoms with Crippen LogP contribution < -0.4 is 11.1 Å². The van der Waals surface area contributed by atoms with Gasteiger partial charge in [-0.15, -0.1) is 15.3 Å². The lowest BCUT2D eigenvalue weighted by molar-refractivity contribution is 0.284. The van der Waals surface area contributed by atoms with Crippen LogP contribution in [0.25, 0.3) is 10.8 Å². The molecule has 4 aromatic rings. The molecule has 22 nitrogen and oxygen atoms in total. The zero-order valence-electron chi connectivity index (χ0n) is 25.7. The van der Waals surface area contributed by atoms with Crippen molar-refractivity contribution in [1.29, 1.82) is 0 Å². The highest BCUT2D eigenvalue weighted by Crippen LogP contribution is 2.48. The molecule has 0 heterocycles. The molecule has 0 aliphatic rings. The van der Waals surface area contributed by atoms with Gasteiger partial charge in [-0.1, -0.05) is 0 Å². The Hall–Kier alpha value is -4.71. The molecule has 4 aromatic carbocycles. The molecule has 0 saturated carbocycles. The van der Waals surface area contributed by atoms with Crippen molar-refractivity contribution in [2.45, 2.75) is 19.6 Å². The van der Waals surface area contributed by atoms with Crippen LogP contribution in [0.3, 0.4) is 0 Å². The van der Waals surface area contributed by atoms with Crippen LogP contribution in [-0.2, 0) is 54.8 Å². The number of fused-ring (bicyclic) bond motifs is 1. The van der Waals surface area contributed by atoms with Crippen LogP contribution in [0.2, 0.25) is 0 Å². The third-order valence-electron chi connectivity index (χ3n) is 6.70. The quantitative estimate of drug-likeness (QED) is 0.0577. The Kier molecular flexibility index (Phi) is 11.1. The normalized spacial score (nSPS) is 13.3. The summed E-state index contributed by atoms with van der Waals surface area (Å²) in [6, 6.07) is 8.61. The van der Waals surface area contributed by atoms with Crippen LogP contribution in [0.4, 0.5) is 34.1 Å². The van der Waals surface area contributed by atoms with Gasteiger partial charge in [0.1, 0.15) is 31.7 Å². The first-order chi connectivity index (χ1) is 23.8. The molecule has 0 amide bonds. The predicted octanol–water partition coefficient (Wildman–Crippen LogP) is 3.33. The SMILES string of the molecule is CNc1ccc(S(=O)(=O)O)c(/N=N/c2c(S(=O)(=O)O)cc3cc(S(=O)(=O)O)c(/N=N/c4ccc(S(=O)(=O)CCOS(=O)(=O)O)cc4)c(N)c3c2O)c1. The third kappa shape index (κ3) is 9.20. The molecule has 0 fully saturated rings. The zero-order chi connectivity index (χ0) is 39.0. The van der Waals surface area contributed by atoms with E-state index in [1.807, 2.05) is 0 Å². The van der Waals surface area contributed by atoms with E-state index >= 15 is 0 Å². The highest BCUT2D eigenvalue weighted by atomic mass is 32.3. The third-order valence-corrected chi connectivity index (χ3v) is 11.5. The Morgan fingerprint density at radius 3 is 1.75 bits per heavy atom. The molecule has 8 N–H and O–H groups in total. The lowest BCUT2D eigenvalue weighted by Crippen LogP contribution is -2.15. The number of nitrogens with one attached hydrogen (secondary N) is 1. The molecule has 0 aromatic heterocycles. The maximum atomic E-state index is 12.4. The molecule has 0 aliphatic carbocycles. The number of hydrogen-bond donors (Lipinski definition) is 7. The van der Waals surface area contributed by atoms with Crippen LogP contribution in [0.1, 0.15) is 0 Å². The van der Waals surface area contributed by atoms with Crippen molar-refractivity contribution in [1.82, 2.24) is 0 Å². The first-order valence-electron chi connectivity index (χ1n) is 13.5. The van der Waals surface area contributed by atoms with E-state index < -0.39 is 117 Å². The first-order valence-corrected chi connectivity index (χ1v) is 20.8. The van der Waals surface area contributed by atoms with Crippen molar-refractivity contribution in [2.24, 2.45) is 20.5 Å². The number of hydrogen-bond acceptors (Lipinski definition) is 18. The zero-order valence-corrected chi connectivity index (χ0v) is 29.8. The predicted molar refractivity (Wildman–Crippen MR) is 180 cm³/mol. The Morgan fingerprint density at radius 1 is 0.692 bits per heavy atom. The van der Waals surface area contributed by atoms with E-state index in [1.165, 1.54) is 13.1 Å². The summed E-state index contributed by atoms with van der Waals surface area (Å²) in [6.45, 7) is -0.904. The molecule has 27 heteroatoms. The molecule has 0 unspecified atom stereocenters. The van der Waals surface area contributed by atoms with Gasteiger partial charge in [-0.2, -0.15) is 38.8 Å². The van der Waals surface area contributed by atoms with Crippen molar-refractivity contribution in [2.75, 3.05) is 30.5 Å². The molecule has 0 atom stereocenters. The van der Waals surface area contributed by atoms with Gasteiger partial charge in [0.25, 0.3) is 30.4 Å². The number of nitrogens with zero attached hydrogens (tertiary/aromatic N) is 4. The molecule has 0 saturated heterocycles. The van der Waals surface area contributed by atoms with Gasteiger partial charge in [0.05, 0.1) is 34.0 Å². The number of benzene rings is 4. The Morgan fingerprint density at radius 2 is 1.23 bits per heavy atom. The van der Waals surface area contributed by atoms with Gasteiger partial charge in [-0.05, 0) is 60.0 Å². The van der Waals surface area contributed by atoms with Gasteiger partial charge in [0.15, 0.2) is 15.6 Å². The number of aromatic hydroxyl groups is 1. The van der Waals surface area contributed by atoms with Gasteiger partial charge >= 0.3 is 10.4 Å². The molecule has 4 rings (SSSR count). The minimum absolute atomic E-state index is 0.146. The Labute approximate surface area is 294 Å². The second-order valence-corrected chi connectivity index (χ2v) is 17.5. The monoisotopic (exact) mass is 824 g/mol. The minimum Gasteiger partial charge on any atom is -0.505 e. The number of anilines is 2. The van der Waals surface area contributed by atoms with Gasteiger partial charge in [0, 0.05) is 12.7 Å². The number of phenols is 1. The van der Waals surface area contributed by atoms with E-state index in [2.05, 4.69) is 30.0 Å². The molecule has 280 valence electrons. The summed E-state index contributed by atoms with van der Waals surface area (Å²) in [7, 11) is -23.1. The van der Waals surface area contributed by atoms with E-state index in [1.54, 1.807) is 0 Å². The van der Waals surface area contributed by atoms with E-state index in [0.717, 1.165) is 36.4 Å². The summed E-state index contributed by atoms with van der Waals surface area (Å²) < 4.78 is 162. The fourth-order valence-corrected chi connectivity index (χ4v) is 7.79. The summed E-state index contributed by atoms with van der Waals surface area (Å²) in [5, 5.41) is 27.5. The van der Waals surface area contributed by atoms with Crippen LogP contribution in [0, 0.1) is 0 Å². The molecular weight excluding hydrogens is 801 g/mol. The number of nitrogens with two attached hydrogens (primary N) is 1. The van der Waals surface area contributed by atoms with Crippen LogP contribution in [0.5, 0.6) is 5.75 Å². The van der Waals surface area contributed by atoms with Crippen molar-refractivity contribution >= 4 is 95.5 Å². The standard InChI is InChI=1S/C25H24N6O16S5/c1-27-15-4-7-18(49(35,36)37)17(12-15)29-31-24-20(51(41,42)43)11-13-10-19(50(38,39)40)23(22(26)21(13)25(24)32)30-28-14-2-5-16(6-3-14)48(33,34)9-8-47-52(44,45)46/h2-7,10-12,27,32H,8-9,26H2,1H3,(H,35,36,37)(H,38,39,40)(H,41,42,43)(H,44,45,46)/b30-28+,31-29+. The molecule has 52 heavy (non-hydrogen) atoms. The molecule has 0 aliphatic heterocycles. The number of rotatable bonds is 13. The Bertz CT molecular complexity index is 2720. The average Bonchev–Trinajstić information content (AvgIpc) is 3.01. The fraction of sp³-hybridized carbons (Fsp3) is 0.120. The average molecular weight is 825 g/mol. The topological polar surface area (TPSA) is 369 Å². The fourth-order valence-electron chi connectivity index (χ4n) is 4.37. The summed E-state index contributed by atoms with van der Waals surface area (Å²) in [5.41, 5.74) is 3.05. The van der Waals surface area contributed by atoms with Crippen molar-refractivity contribution in [3.05, 3.63) is 54.6 Å². The number of sulfone groups is 1. The molecule has 0 bridgehead atoms. The van der Waals surface area contributed by atoms with Crippen molar-refractivity contribution in [3.8, 4) is 5.75 Å². The number of azo groups is 2. The van der Waals surface area contributed by atoms with E-state index in [9.17, 15) is 60.9 Å². The Balaban J connectivity index is 1.89. The number of nitrogen functional groups attached to an aromatic ring is 1. The van der Waals surface area contributed by atoms with Gasteiger partial charge in [-0.25, -0.2) is 12.6 Å². The smallest absolute Gasteiger partial charge is 0.397 e. The van der Waals surface area contributed by atoms with Crippen molar-refractivity contribution in [3.63, 3.8) is 0 Å². The van der Waals surface area contributed by atoms with Gasteiger partial charge < -0.3 is 16.2 Å². The van der Waals surface area contributed by atoms with Gasteiger partial charge in [-0.3, -0.25) is 18.2 Å². The summed E-state index contributed by atoms with van der Waals surface area (Å²) in [4.78, 5) is -3.40. The lowest BCUT2D eigenvalue weighted by atomic mass is 10.1. The van der Waals surface area contributed by atoms with E-state index in [-0.39, 0.29) is 16.3 Å². The highest BCUT2D eigenvalue weighted by molar-refractivity contribution is 7.91. The summed E-state index contributed by atoms with van der Waals surface area (Å²) in [5.74, 6) is -2.02. The van der Waals surface area contributed by atoms with Crippen LogP contribution >= 0.6 is 0 Å². The number of phenolic OH excluding ortho intramolecular Hbond substituents is 1. The van der Waals surface area contributed by atoms with Crippen LogP contribution in [-0.4, -0.2) is 84.8 Å². The first kappa shape index (κ1) is 40.1. The highest BCUT2D eigenvalue weighted by Gasteiger charge is 2.28. The maximum Gasteiger partial charge on any atom is 0.397 e. The maximum absolute atomic E-state index is 12.4. The minimum atomic E-state index is -5.32. The largest absolute Gasteiger partial charge is 0.505 e. The lowest BCUT2D eigenvalue weighted by Gasteiger charge is -2.14. The summed E-state index contributed by atoms with van der Waals surface area (Å²) >= 11 is 0. The summed E-state index contributed by atoms with van der Waals surface area (Å²) in [6.07, 6.45) is 0.